The molecule has 1 aliphatic rings. The van der Waals surface area contributed by atoms with E-state index in [4.69, 9.17) is 5.73 Å². The van der Waals surface area contributed by atoms with E-state index in [1.165, 1.54) is 0 Å². The third kappa shape index (κ3) is 1.59. The van der Waals surface area contributed by atoms with Crippen molar-refractivity contribution in [3.05, 3.63) is 5.82 Å². The highest BCUT2D eigenvalue weighted by atomic mass is 16.2. The van der Waals surface area contributed by atoms with Gasteiger partial charge in [0.05, 0.1) is 12.6 Å². The molecule has 13 heavy (non-hydrogen) atoms. The molecule has 0 spiro atoms. The molecule has 1 aliphatic heterocycles. The van der Waals surface area contributed by atoms with E-state index in [-0.39, 0.29) is 17.9 Å². The van der Waals surface area contributed by atoms with E-state index in [1.54, 1.807) is 0 Å². The lowest BCUT2D eigenvalue weighted by Gasteiger charge is -2.21. The third-order valence-electron chi connectivity index (χ3n) is 1.86. The van der Waals surface area contributed by atoms with Crippen molar-refractivity contribution in [1.82, 2.24) is 25.8 Å². The molecule has 1 fully saturated rings. The number of nitrogens with two attached hydrogens (primary N) is 1. The lowest BCUT2D eigenvalue weighted by atomic mass is 10.2. The number of H-pyrrole nitrogens is 1. The number of carbonyl (C=O) groups is 1. The minimum Gasteiger partial charge on any atom is -0.367 e. The number of hydrogen-bond acceptors (Lipinski definition) is 5. The summed E-state index contributed by atoms with van der Waals surface area (Å²) in [5, 5.41) is 12.1. The molecule has 1 saturated heterocycles. The topological polar surface area (TPSA) is 109 Å². The van der Waals surface area contributed by atoms with Crippen LogP contribution in [0.4, 0.5) is 5.95 Å². The minimum atomic E-state index is -0.0255. The average Bonchev–Trinajstić information content (AvgIpc) is 2.53. The van der Waals surface area contributed by atoms with Gasteiger partial charge in [-0.25, -0.2) is 0 Å². The molecule has 7 heteroatoms. The molecule has 2 heterocycles. The summed E-state index contributed by atoms with van der Waals surface area (Å²) in [6.07, 6.45) is 0. The van der Waals surface area contributed by atoms with E-state index >= 15 is 0 Å². The molecule has 0 aromatic carbocycles. The predicted molar refractivity (Wildman–Crippen MR) is 44.5 cm³/mol. The zero-order valence-corrected chi connectivity index (χ0v) is 6.87. The van der Waals surface area contributed by atoms with Crippen LogP contribution in [0.3, 0.4) is 0 Å². The van der Waals surface area contributed by atoms with Crippen molar-refractivity contribution in [3.8, 4) is 0 Å². The first-order valence-corrected chi connectivity index (χ1v) is 3.93. The second-order valence-corrected chi connectivity index (χ2v) is 2.82. The van der Waals surface area contributed by atoms with Crippen molar-refractivity contribution in [2.24, 2.45) is 0 Å². The number of aromatic nitrogens is 3. The van der Waals surface area contributed by atoms with Crippen LogP contribution in [0.1, 0.15) is 11.9 Å². The number of nitrogens with zero attached hydrogens (tertiary/aromatic N) is 2. The summed E-state index contributed by atoms with van der Waals surface area (Å²) in [6.45, 7) is 0.804. The molecule has 1 amide bonds. The van der Waals surface area contributed by atoms with Crippen molar-refractivity contribution >= 4 is 11.9 Å². The first kappa shape index (κ1) is 7.99. The van der Waals surface area contributed by atoms with Crippen LogP contribution in [0, 0.1) is 0 Å². The molecule has 0 saturated carbocycles. The van der Waals surface area contributed by atoms with Crippen molar-refractivity contribution in [2.75, 3.05) is 18.8 Å². The highest BCUT2D eigenvalue weighted by Crippen LogP contribution is 2.08. The highest BCUT2D eigenvalue weighted by Gasteiger charge is 2.21. The zero-order chi connectivity index (χ0) is 9.26. The van der Waals surface area contributed by atoms with Crippen LogP contribution in [0.5, 0.6) is 0 Å². The fraction of sp³-hybridized carbons (Fsp3) is 0.500. The van der Waals surface area contributed by atoms with Crippen molar-refractivity contribution in [3.63, 3.8) is 0 Å². The quantitative estimate of drug-likeness (QED) is 0.407. The second-order valence-electron chi connectivity index (χ2n) is 2.82. The number of hydrogen-bond donors (Lipinski definition) is 4. The molecule has 7 nitrogen and oxygen atoms in total. The fourth-order valence-electron chi connectivity index (χ4n) is 1.20. The van der Waals surface area contributed by atoms with Gasteiger partial charge >= 0.3 is 0 Å². The SMILES string of the molecule is Nc1n[nH]c(C2CNC(=O)CN2)n1. The van der Waals surface area contributed by atoms with E-state index in [9.17, 15) is 4.79 Å². The van der Waals surface area contributed by atoms with E-state index in [0.29, 0.717) is 18.9 Å². The maximum Gasteiger partial charge on any atom is 0.239 e. The molecule has 5 N–H and O–H groups in total. The molecule has 70 valence electrons. The number of carbonyl (C=O) groups excluding carboxylic acids is 1. The van der Waals surface area contributed by atoms with Crippen molar-refractivity contribution in [1.29, 1.82) is 0 Å². The lowest BCUT2D eigenvalue weighted by molar-refractivity contribution is -0.121. The summed E-state index contributed by atoms with van der Waals surface area (Å²) >= 11 is 0. The molecule has 1 atom stereocenters. The van der Waals surface area contributed by atoms with Crippen LogP contribution in [-0.2, 0) is 4.79 Å². The van der Waals surface area contributed by atoms with Gasteiger partial charge in [-0.15, -0.1) is 5.10 Å². The number of rotatable bonds is 1. The zero-order valence-electron chi connectivity index (χ0n) is 6.87. The Kier molecular flexibility index (Phi) is 1.85. The number of nitrogen functional groups attached to an aromatic ring is 1. The van der Waals surface area contributed by atoms with Gasteiger partial charge in [-0.1, -0.05) is 0 Å². The van der Waals surface area contributed by atoms with Crippen LogP contribution < -0.4 is 16.4 Å². The Balaban J connectivity index is 2.06. The summed E-state index contributed by atoms with van der Waals surface area (Å²) in [4.78, 5) is 14.8. The van der Waals surface area contributed by atoms with Crippen molar-refractivity contribution < 1.29 is 4.79 Å². The van der Waals surface area contributed by atoms with Gasteiger partial charge in [0, 0.05) is 6.54 Å². The number of amides is 1. The molecule has 2 rings (SSSR count). The van der Waals surface area contributed by atoms with E-state index < -0.39 is 0 Å². The van der Waals surface area contributed by atoms with Gasteiger partial charge in [0.1, 0.15) is 5.82 Å². The van der Waals surface area contributed by atoms with Gasteiger partial charge in [0.15, 0.2) is 0 Å². The predicted octanol–water partition coefficient (Wildman–Crippen LogP) is -1.85. The Hall–Kier alpha value is -1.63. The summed E-state index contributed by atoms with van der Waals surface area (Å²) in [7, 11) is 0. The summed E-state index contributed by atoms with van der Waals surface area (Å²) in [6, 6.07) is -0.0255. The molecule has 1 aromatic rings. The Bertz CT molecular complexity index is 311. The molecule has 0 bridgehead atoms. The van der Waals surface area contributed by atoms with E-state index in [0.717, 1.165) is 0 Å². The molecular formula is C6H10N6O. The lowest BCUT2D eigenvalue weighted by Crippen LogP contribution is -2.47. The maximum absolute atomic E-state index is 10.8. The second kappa shape index (κ2) is 3.02. The Morgan fingerprint density at radius 1 is 1.54 bits per heavy atom. The Morgan fingerprint density at radius 3 is 2.92 bits per heavy atom. The van der Waals surface area contributed by atoms with Crippen LogP contribution in [0.25, 0.3) is 0 Å². The summed E-state index contributed by atoms with van der Waals surface area (Å²) < 4.78 is 0. The molecular weight excluding hydrogens is 172 g/mol. The molecule has 0 radical (unpaired) electrons. The van der Waals surface area contributed by atoms with Gasteiger partial charge in [-0.05, 0) is 0 Å². The number of piperazine rings is 1. The summed E-state index contributed by atoms with van der Waals surface area (Å²) in [5.74, 6) is 0.856. The van der Waals surface area contributed by atoms with Gasteiger partial charge in [0.2, 0.25) is 11.9 Å². The van der Waals surface area contributed by atoms with Gasteiger partial charge in [-0.2, -0.15) is 4.98 Å². The Morgan fingerprint density at radius 2 is 2.38 bits per heavy atom. The van der Waals surface area contributed by atoms with E-state index in [1.807, 2.05) is 0 Å². The average molecular weight is 182 g/mol. The van der Waals surface area contributed by atoms with Crippen LogP contribution in [0.15, 0.2) is 0 Å². The minimum absolute atomic E-state index is 0.0104. The maximum atomic E-state index is 10.8. The first-order valence-electron chi connectivity index (χ1n) is 3.93. The van der Waals surface area contributed by atoms with Crippen LogP contribution >= 0.6 is 0 Å². The van der Waals surface area contributed by atoms with Crippen molar-refractivity contribution in [2.45, 2.75) is 6.04 Å². The monoisotopic (exact) mass is 182 g/mol. The first-order chi connectivity index (χ1) is 6.25. The van der Waals surface area contributed by atoms with Gasteiger partial charge < -0.3 is 11.1 Å². The van der Waals surface area contributed by atoms with Gasteiger partial charge in [0.25, 0.3) is 0 Å². The van der Waals surface area contributed by atoms with Crippen LogP contribution in [0.2, 0.25) is 0 Å². The number of nitrogens with one attached hydrogen (secondary N) is 3. The van der Waals surface area contributed by atoms with Gasteiger partial charge in [-0.3, -0.25) is 15.2 Å². The van der Waals surface area contributed by atoms with E-state index in [2.05, 4.69) is 25.8 Å². The number of anilines is 1. The molecule has 0 aliphatic carbocycles. The number of aromatic amines is 1. The Labute approximate surface area is 74.1 Å². The fourth-order valence-corrected chi connectivity index (χ4v) is 1.20. The standard InChI is InChI=1S/C6H10N6O/c7-6-10-5(11-12-6)3-1-9-4(13)2-8-3/h3,8H,1-2H2,(H,9,13)(H3,7,10,11,12). The smallest absolute Gasteiger partial charge is 0.239 e. The molecule has 1 unspecified atom stereocenters. The highest BCUT2D eigenvalue weighted by molar-refractivity contribution is 5.78. The molecule has 1 aromatic heterocycles. The normalized spacial score (nSPS) is 22.8. The third-order valence-corrected chi connectivity index (χ3v) is 1.86. The van der Waals surface area contributed by atoms with Crippen LogP contribution in [-0.4, -0.2) is 34.2 Å². The largest absolute Gasteiger partial charge is 0.367 e. The summed E-state index contributed by atoms with van der Waals surface area (Å²) in [5.41, 5.74) is 5.34.